The van der Waals surface area contributed by atoms with Crippen molar-refractivity contribution in [2.75, 3.05) is 0 Å². The number of hydrogen-bond acceptors (Lipinski definition) is 2. The topological polar surface area (TPSA) is 26.0 Å². The van der Waals surface area contributed by atoms with Crippen molar-refractivity contribution in [3.63, 3.8) is 0 Å². The Morgan fingerprint density at radius 2 is 1.94 bits per heavy atom. The molecule has 18 heavy (non-hydrogen) atoms. The first-order valence-electron chi connectivity index (χ1n) is 5.79. The maximum Gasteiger partial charge on any atom is 0.125 e. The Morgan fingerprint density at radius 3 is 2.56 bits per heavy atom. The van der Waals surface area contributed by atoms with Gasteiger partial charge in [0.2, 0.25) is 0 Å². The van der Waals surface area contributed by atoms with Gasteiger partial charge >= 0.3 is 0 Å². The first-order chi connectivity index (χ1) is 8.47. The van der Waals surface area contributed by atoms with E-state index in [2.05, 4.69) is 13.8 Å². The fourth-order valence-corrected chi connectivity index (χ4v) is 3.10. The van der Waals surface area contributed by atoms with E-state index in [1.165, 1.54) is 12.1 Å². The molecule has 96 valence electrons. The molecule has 0 radical (unpaired) electrons. The summed E-state index contributed by atoms with van der Waals surface area (Å²) in [5.74, 6) is 0.0632. The number of thiophene rings is 1. The highest BCUT2D eigenvalue weighted by Crippen LogP contribution is 2.34. The highest BCUT2D eigenvalue weighted by Gasteiger charge is 2.14. The van der Waals surface area contributed by atoms with E-state index < -0.39 is 0 Å². The van der Waals surface area contributed by atoms with E-state index in [1.807, 2.05) is 12.1 Å². The van der Waals surface area contributed by atoms with Crippen LogP contribution in [0.5, 0.6) is 0 Å². The van der Waals surface area contributed by atoms with Crippen molar-refractivity contribution in [2.45, 2.75) is 19.9 Å². The summed E-state index contributed by atoms with van der Waals surface area (Å²) in [6.07, 6.45) is 0. The highest BCUT2D eigenvalue weighted by atomic mass is 35.5. The van der Waals surface area contributed by atoms with Crippen molar-refractivity contribution < 1.29 is 4.39 Å². The van der Waals surface area contributed by atoms with Crippen molar-refractivity contribution in [1.29, 1.82) is 0 Å². The van der Waals surface area contributed by atoms with E-state index in [1.54, 1.807) is 17.4 Å². The van der Waals surface area contributed by atoms with Gasteiger partial charge in [-0.2, -0.15) is 0 Å². The van der Waals surface area contributed by atoms with Crippen LogP contribution in [0.4, 0.5) is 4.39 Å². The van der Waals surface area contributed by atoms with Crippen LogP contribution in [0.15, 0.2) is 30.3 Å². The van der Waals surface area contributed by atoms with Gasteiger partial charge in [0.05, 0.1) is 0 Å². The van der Waals surface area contributed by atoms with Crippen molar-refractivity contribution in [3.05, 3.63) is 46.0 Å². The molecule has 2 aromatic rings. The van der Waals surface area contributed by atoms with E-state index in [0.717, 1.165) is 15.3 Å². The molecule has 1 unspecified atom stereocenters. The zero-order chi connectivity index (χ0) is 13.3. The van der Waals surface area contributed by atoms with E-state index in [4.69, 9.17) is 17.3 Å². The molecule has 2 N–H and O–H groups in total. The Morgan fingerprint density at radius 1 is 1.22 bits per heavy atom. The second-order valence-electron chi connectivity index (χ2n) is 4.63. The third kappa shape index (κ3) is 2.91. The molecule has 0 aliphatic rings. The lowest BCUT2D eigenvalue weighted by molar-refractivity contribution is 0.521. The molecular formula is C14H15ClFNS. The second kappa shape index (κ2) is 5.39. The zero-order valence-electron chi connectivity index (χ0n) is 10.3. The van der Waals surface area contributed by atoms with Gasteiger partial charge in [-0.15, -0.1) is 11.3 Å². The van der Waals surface area contributed by atoms with E-state index >= 15 is 0 Å². The first kappa shape index (κ1) is 13.5. The maximum absolute atomic E-state index is 13.3. The van der Waals surface area contributed by atoms with Gasteiger partial charge in [-0.1, -0.05) is 25.4 Å². The van der Waals surface area contributed by atoms with Crippen molar-refractivity contribution >= 4 is 22.9 Å². The largest absolute Gasteiger partial charge is 0.323 e. The third-order valence-electron chi connectivity index (χ3n) is 2.82. The van der Waals surface area contributed by atoms with Crippen LogP contribution < -0.4 is 5.73 Å². The van der Waals surface area contributed by atoms with Gasteiger partial charge in [0, 0.05) is 20.8 Å². The van der Waals surface area contributed by atoms with Gasteiger partial charge in [-0.3, -0.25) is 0 Å². The minimum atomic E-state index is -0.319. The summed E-state index contributed by atoms with van der Waals surface area (Å²) in [5, 5.41) is 0.410. The van der Waals surface area contributed by atoms with Crippen molar-refractivity contribution in [3.8, 4) is 10.4 Å². The molecule has 4 heteroatoms. The molecule has 2 rings (SSSR count). The highest BCUT2D eigenvalue weighted by molar-refractivity contribution is 7.15. The second-order valence-corrected chi connectivity index (χ2v) is 6.18. The van der Waals surface area contributed by atoms with E-state index in [0.29, 0.717) is 10.9 Å². The normalized spacial score (nSPS) is 13.0. The lowest BCUT2D eigenvalue weighted by atomic mass is 10.0. The molecule has 1 heterocycles. The molecule has 0 bridgehead atoms. The Labute approximate surface area is 115 Å². The predicted molar refractivity (Wildman–Crippen MR) is 76.5 cm³/mol. The number of rotatable bonds is 3. The van der Waals surface area contributed by atoms with Crippen molar-refractivity contribution in [2.24, 2.45) is 11.7 Å². The van der Waals surface area contributed by atoms with Crippen molar-refractivity contribution in [1.82, 2.24) is 0 Å². The molecule has 0 aliphatic carbocycles. The van der Waals surface area contributed by atoms with Crippen LogP contribution in [0.2, 0.25) is 5.02 Å². The summed E-state index contributed by atoms with van der Waals surface area (Å²) in [6, 6.07) is 8.55. The van der Waals surface area contributed by atoms with Gasteiger partial charge in [0.1, 0.15) is 5.82 Å². The van der Waals surface area contributed by atoms with Crippen LogP contribution in [-0.2, 0) is 0 Å². The quantitative estimate of drug-likeness (QED) is 0.855. The molecular weight excluding hydrogens is 269 g/mol. The Kier molecular flexibility index (Phi) is 4.05. The maximum atomic E-state index is 13.3. The fourth-order valence-electron chi connectivity index (χ4n) is 1.71. The molecule has 0 amide bonds. The van der Waals surface area contributed by atoms with E-state index in [-0.39, 0.29) is 11.9 Å². The smallest absolute Gasteiger partial charge is 0.125 e. The molecule has 0 spiro atoms. The molecule has 1 aromatic carbocycles. The van der Waals surface area contributed by atoms with Crippen LogP contribution in [0.3, 0.4) is 0 Å². The van der Waals surface area contributed by atoms with Gasteiger partial charge in [0.25, 0.3) is 0 Å². The van der Waals surface area contributed by atoms with Crippen LogP contribution in [0, 0.1) is 11.7 Å². The van der Waals surface area contributed by atoms with Crippen LogP contribution >= 0.6 is 22.9 Å². The summed E-state index contributed by atoms with van der Waals surface area (Å²) in [7, 11) is 0. The minimum absolute atomic E-state index is 0.0211. The van der Waals surface area contributed by atoms with E-state index in [9.17, 15) is 4.39 Å². The van der Waals surface area contributed by atoms with Crippen LogP contribution in [0.25, 0.3) is 10.4 Å². The van der Waals surface area contributed by atoms with Crippen LogP contribution in [-0.4, -0.2) is 0 Å². The van der Waals surface area contributed by atoms with Gasteiger partial charge in [-0.25, -0.2) is 4.39 Å². The molecule has 0 fully saturated rings. The average molecular weight is 284 g/mol. The average Bonchev–Trinajstić information content (AvgIpc) is 2.75. The molecule has 1 nitrogen and oxygen atoms in total. The molecule has 1 atom stereocenters. The standard InChI is InChI=1S/C14H15ClFNS/c1-8(2)14(17)13-4-3-12(18-13)9-5-10(15)7-11(16)6-9/h3-8,14H,17H2,1-2H3. The first-order valence-corrected chi connectivity index (χ1v) is 6.98. The van der Waals surface area contributed by atoms with Crippen LogP contribution in [0.1, 0.15) is 24.8 Å². The number of hydrogen-bond donors (Lipinski definition) is 1. The fraction of sp³-hybridized carbons (Fsp3) is 0.286. The van der Waals surface area contributed by atoms with Gasteiger partial charge in [0.15, 0.2) is 0 Å². The molecule has 0 saturated carbocycles. The van der Waals surface area contributed by atoms with Gasteiger partial charge in [-0.05, 0) is 41.8 Å². The molecule has 1 aromatic heterocycles. The SMILES string of the molecule is CC(C)C(N)c1ccc(-c2cc(F)cc(Cl)c2)s1. The summed E-state index contributed by atoms with van der Waals surface area (Å²) in [4.78, 5) is 2.10. The zero-order valence-corrected chi connectivity index (χ0v) is 11.9. The van der Waals surface area contributed by atoms with Gasteiger partial charge < -0.3 is 5.73 Å². The summed E-state index contributed by atoms with van der Waals surface area (Å²) in [6.45, 7) is 4.17. The molecule has 0 saturated heterocycles. The minimum Gasteiger partial charge on any atom is -0.323 e. The lowest BCUT2D eigenvalue weighted by Gasteiger charge is -2.12. The number of halogens is 2. The number of benzene rings is 1. The summed E-state index contributed by atoms with van der Waals surface area (Å²) >= 11 is 7.45. The number of nitrogens with two attached hydrogens (primary N) is 1. The third-order valence-corrected chi connectivity index (χ3v) is 4.27. The predicted octanol–water partition coefficient (Wildman–Crippen LogP) is 4.86. The summed E-state index contributed by atoms with van der Waals surface area (Å²) < 4.78 is 13.3. The Bertz CT molecular complexity index is 530. The Hall–Kier alpha value is -0.900. The Balaban J connectivity index is 2.35. The monoisotopic (exact) mass is 283 g/mol. The lowest BCUT2D eigenvalue weighted by Crippen LogP contribution is -2.14. The molecule has 0 aliphatic heterocycles. The summed E-state index contributed by atoms with van der Waals surface area (Å²) in [5.41, 5.74) is 6.90.